The molecular formula is C14H19FO3SSi. The number of aliphatic hydroxyl groups excluding tert-OH is 1. The minimum absolute atomic E-state index is 0.242. The zero-order valence-electron chi connectivity index (χ0n) is 12.3. The van der Waals surface area contributed by atoms with Gasteiger partial charge in [0.15, 0.2) is 0 Å². The Morgan fingerprint density at radius 3 is 2.20 bits per heavy atom. The molecule has 0 aromatic heterocycles. The highest BCUT2D eigenvalue weighted by Gasteiger charge is 2.21. The topological polar surface area (TPSA) is 54.4 Å². The smallest absolute Gasteiger partial charge is 0.332 e. The lowest BCUT2D eigenvalue weighted by Gasteiger charge is -2.13. The average molecular weight is 314 g/mol. The summed E-state index contributed by atoms with van der Waals surface area (Å²) in [4.78, 5) is -0.410. The molecule has 0 unspecified atom stereocenters. The molecule has 110 valence electrons. The number of halogens is 1. The molecule has 0 amide bonds. The number of benzene rings is 1. The molecule has 0 aliphatic carbocycles. The summed E-state index contributed by atoms with van der Waals surface area (Å²) in [5, 5.41) is 9.39. The lowest BCUT2D eigenvalue weighted by atomic mass is 9.98. The van der Waals surface area contributed by atoms with Gasteiger partial charge in [0, 0.05) is 5.56 Å². The number of rotatable bonds is 2. The van der Waals surface area contributed by atoms with Crippen LogP contribution >= 0.6 is 0 Å². The molecule has 0 radical (unpaired) electrons. The molecule has 0 saturated heterocycles. The molecule has 1 aromatic carbocycles. The van der Waals surface area contributed by atoms with E-state index in [9.17, 15) is 17.4 Å². The Morgan fingerprint density at radius 2 is 1.80 bits per heavy atom. The summed E-state index contributed by atoms with van der Waals surface area (Å²) in [6.07, 6.45) is 0. The second-order valence-electron chi connectivity index (χ2n) is 5.75. The third-order valence-electron chi connectivity index (χ3n) is 2.95. The van der Waals surface area contributed by atoms with Crippen molar-refractivity contribution in [2.45, 2.75) is 45.0 Å². The van der Waals surface area contributed by atoms with Crippen LogP contribution in [0.15, 0.2) is 11.0 Å². The number of hydrogen-bond acceptors (Lipinski definition) is 3. The molecule has 0 heterocycles. The predicted molar refractivity (Wildman–Crippen MR) is 80.4 cm³/mol. The molecule has 1 aromatic rings. The quantitative estimate of drug-likeness (QED) is 0.519. The van der Waals surface area contributed by atoms with Crippen molar-refractivity contribution in [1.29, 1.82) is 0 Å². The van der Waals surface area contributed by atoms with E-state index in [1.165, 1.54) is 13.0 Å². The van der Waals surface area contributed by atoms with E-state index in [1.54, 1.807) is 6.92 Å². The first-order valence-corrected chi connectivity index (χ1v) is 11.1. The van der Waals surface area contributed by atoms with Gasteiger partial charge in [0.2, 0.25) is 0 Å². The van der Waals surface area contributed by atoms with Crippen LogP contribution in [0.5, 0.6) is 0 Å². The van der Waals surface area contributed by atoms with Crippen LogP contribution in [0.2, 0.25) is 19.6 Å². The maximum atomic E-state index is 13.3. The molecule has 0 atom stereocenters. The Balaban J connectivity index is 3.66. The molecule has 6 heteroatoms. The summed E-state index contributed by atoms with van der Waals surface area (Å²) in [6.45, 7) is 9.07. The van der Waals surface area contributed by atoms with Crippen LogP contribution in [-0.4, -0.2) is 21.6 Å². The van der Waals surface area contributed by atoms with Gasteiger partial charge in [-0.05, 0) is 36.6 Å². The zero-order chi connectivity index (χ0) is 15.7. The maximum Gasteiger partial charge on any atom is 0.332 e. The molecule has 20 heavy (non-hydrogen) atoms. The lowest BCUT2D eigenvalue weighted by Crippen LogP contribution is -2.16. The summed E-state index contributed by atoms with van der Waals surface area (Å²) in [5.74, 6) is 2.94. The van der Waals surface area contributed by atoms with Gasteiger partial charge in [-0.25, -0.2) is 0 Å². The van der Waals surface area contributed by atoms with Crippen molar-refractivity contribution in [3.05, 3.63) is 28.3 Å². The Kier molecular flexibility index (Phi) is 4.80. The van der Waals surface area contributed by atoms with E-state index in [-0.39, 0.29) is 12.2 Å². The maximum absolute atomic E-state index is 13.3. The van der Waals surface area contributed by atoms with Gasteiger partial charge in [0.05, 0.1) is 6.61 Å². The largest absolute Gasteiger partial charge is 0.392 e. The molecule has 0 bridgehead atoms. The second kappa shape index (κ2) is 5.68. The van der Waals surface area contributed by atoms with Crippen molar-refractivity contribution < 1.29 is 17.4 Å². The zero-order valence-corrected chi connectivity index (χ0v) is 14.2. The Hall–Kier alpha value is -1.16. The summed E-state index contributed by atoms with van der Waals surface area (Å²) in [5.41, 5.74) is 4.93. The number of aliphatic hydroxyl groups is 1. The highest BCUT2D eigenvalue weighted by atomic mass is 32.3. The fraction of sp³-hybridized carbons (Fsp3) is 0.429. The Bertz CT molecular complexity index is 692. The first-order chi connectivity index (χ1) is 8.97. The number of hydrogen-bond donors (Lipinski definition) is 1. The molecule has 1 rings (SSSR count). The molecule has 0 fully saturated rings. The van der Waals surface area contributed by atoms with Crippen molar-refractivity contribution in [1.82, 2.24) is 0 Å². The summed E-state index contributed by atoms with van der Waals surface area (Å²) < 4.78 is 35.7. The van der Waals surface area contributed by atoms with Crippen LogP contribution in [0, 0.1) is 25.3 Å². The summed E-state index contributed by atoms with van der Waals surface area (Å²) in [7, 11) is -6.46. The van der Waals surface area contributed by atoms with Gasteiger partial charge in [0.25, 0.3) is 0 Å². The van der Waals surface area contributed by atoms with Crippen LogP contribution in [0.4, 0.5) is 3.89 Å². The lowest BCUT2D eigenvalue weighted by molar-refractivity contribution is 0.280. The Morgan fingerprint density at radius 1 is 1.25 bits per heavy atom. The SMILES string of the molecule is Cc1c(C#C[Si](C)(C)C)cc(S(=O)(=O)F)c(C)c1CO. The van der Waals surface area contributed by atoms with Crippen LogP contribution in [0.25, 0.3) is 0 Å². The van der Waals surface area contributed by atoms with Crippen molar-refractivity contribution in [3.63, 3.8) is 0 Å². The van der Waals surface area contributed by atoms with Crippen molar-refractivity contribution in [2.24, 2.45) is 0 Å². The fourth-order valence-electron chi connectivity index (χ4n) is 1.82. The molecule has 1 N–H and O–H groups in total. The van der Waals surface area contributed by atoms with Crippen molar-refractivity contribution >= 4 is 18.3 Å². The fourth-order valence-corrected chi connectivity index (χ4v) is 3.07. The van der Waals surface area contributed by atoms with Gasteiger partial charge in [-0.2, -0.15) is 8.42 Å². The molecule has 0 saturated carbocycles. The molecule has 0 spiro atoms. The Labute approximate surface area is 121 Å². The van der Waals surface area contributed by atoms with Gasteiger partial charge in [-0.1, -0.05) is 25.6 Å². The highest BCUT2D eigenvalue weighted by Crippen LogP contribution is 2.27. The van der Waals surface area contributed by atoms with Crippen molar-refractivity contribution in [2.75, 3.05) is 0 Å². The molecular weight excluding hydrogens is 295 g/mol. The van der Waals surface area contributed by atoms with Gasteiger partial charge >= 0.3 is 10.2 Å². The van der Waals surface area contributed by atoms with Gasteiger partial charge in [0.1, 0.15) is 13.0 Å². The third-order valence-corrected chi connectivity index (χ3v) is 4.77. The first-order valence-electron chi connectivity index (χ1n) is 6.19. The second-order valence-corrected chi connectivity index (χ2v) is 11.8. The molecule has 0 aliphatic rings. The van der Waals surface area contributed by atoms with E-state index in [1.807, 2.05) is 0 Å². The van der Waals surface area contributed by atoms with Crippen molar-refractivity contribution in [3.8, 4) is 11.5 Å². The van der Waals surface area contributed by atoms with Crippen LogP contribution < -0.4 is 0 Å². The van der Waals surface area contributed by atoms with Crippen LogP contribution in [0.3, 0.4) is 0 Å². The monoisotopic (exact) mass is 314 g/mol. The minimum atomic E-state index is -4.83. The van der Waals surface area contributed by atoms with E-state index in [0.717, 1.165) is 0 Å². The van der Waals surface area contributed by atoms with Gasteiger partial charge in [-0.15, -0.1) is 9.43 Å². The van der Waals surface area contributed by atoms with E-state index < -0.39 is 23.2 Å². The summed E-state index contributed by atoms with van der Waals surface area (Å²) >= 11 is 0. The average Bonchev–Trinajstić information content (AvgIpc) is 2.25. The first kappa shape index (κ1) is 16.9. The minimum Gasteiger partial charge on any atom is -0.392 e. The van der Waals surface area contributed by atoms with Crippen LogP contribution in [-0.2, 0) is 16.8 Å². The van der Waals surface area contributed by atoms with E-state index in [2.05, 4.69) is 31.1 Å². The van der Waals surface area contributed by atoms with Gasteiger partial charge in [-0.3, -0.25) is 0 Å². The normalized spacial score (nSPS) is 11.9. The summed E-state index contributed by atoms with van der Waals surface area (Å²) in [6, 6.07) is 1.26. The third kappa shape index (κ3) is 3.92. The highest BCUT2D eigenvalue weighted by molar-refractivity contribution is 7.86. The molecule has 0 aliphatic heterocycles. The van der Waals surface area contributed by atoms with E-state index in [4.69, 9.17) is 0 Å². The molecule has 3 nitrogen and oxygen atoms in total. The standard InChI is InChI=1S/C14H19FO3SSi/c1-10-12(6-7-20(3,4)5)8-14(19(15,17)18)11(2)13(10)9-16/h8,16H,9H2,1-5H3. The van der Waals surface area contributed by atoms with Gasteiger partial charge < -0.3 is 5.11 Å². The predicted octanol–water partition coefficient (Wildman–Crippen LogP) is 2.68. The van der Waals surface area contributed by atoms with E-state index in [0.29, 0.717) is 16.7 Å². The van der Waals surface area contributed by atoms with E-state index >= 15 is 0 Å². The van der Waals surface area contributed by atoms with Crippen LogP contribution in [0.1, 0.15) is 22.3 Å².